The van der Waals surface area contributed by atoms with Gasteiger partial charge in [0.2, 0.25) is 0 Å². The highest BCUT2D eigenvalue weighted by molar-refractivity contribution is 6.04. The molecular formula is C15H12N2O2. The van der Waals surface area contributed by atoms with Crippen molar-refractivity contribution in [2.45, 2.75) is 6.92 Å². The van der Waals surface area contributed by atoms with Crippen molar-refractivity contribution in [1.29, 1.82) is 0 Å². The van der Waals surface area contributed by atoms with Crippen LogP contribution >= 0.6 is 0 Å². The van der Waals surface area contributed by atoms with Gasteiger partial charge in [0.1, 0.15) is 11.4 Å². The van der Waals surface area contributed by atoms with Gasteiger partial charge in [0.25, 0.3) is 5.91 Å². The van der Waals surface area contributed by atoms with Crippen LogP contribution in [0.5, 0.6) is 0 Å². The Kier molecular flexibility index (Phi) is 2.76. The number of aromatic nitrogens is 1. The summed E-state index contributed by atoms with van der Waals surface area (Å²) >= 11 is 0. The summed E-state index contributed by atoms with van der Waals surface area (Å²) in [7, 11) is 0. The molecule has 0 aliphatic heterocycles. The van der Waals surface area contributed by atoms with Gasteiger partial charge in [0, 0.05) is 11.6 Å². The minimum Gasteiger partial charge on any atom is -0.451 e. The Morgan fingerprint density at radius 2 is 2.05 bits per heavy atom. The van der Waals surface area contributed by atoms with Gasteiger partial charge >= 0.3 is 0 Å². The van der Waals surface area contributed by atoms with Crippen LogP contribution in [-0.4, -0.2) is 10.9 Å². The first-order valence-electron chi connectivity index (χ1n) is 5.95. The van der Waals surface area contributed by atoms with Gasteiger partial charge in [-0.2, -0.15) is 0 Å². The Labute approximate surface area is 110 Å². The third-order valence-electron chi connectivity index (χ3n) is 2.89. The van der Waals surface area contributed by atoms with Crippen LogP contribution in [0.4, 0.5) is 5.82 Å². The second kappa shape index (κ2) is 4.57. The van der Waals surface area contributed by atoms with Gasteiger partial charge in [-0.15, -0.1) is 0 Å². The van der Waals surface area contributed by atoms with Crippen molar-refractivity contribution in [3.8, 4) is 0 Å². The highest BCUT2D eigenvalue weighted by Gasteiger charge is 2.13. The van der Waals surface area contributed by atoms with Crippen LogP contribution in [-0.2, 0) is 0 Å². The number of aryl methyl sites for hydroxylation is 1. The second-order valence-corrected chi connectivity index (χ2v) is 4.27. The van der Waals surface area contributed by atoms with E-state index in [1.807, 2.05) is 43.3 Å². The molecule has 4 heteroatoms. The Bertz CT molecular complexity index is 713. The SMILES string of the molecule is Cc1cccnc1NC(=O)c1cc2ccccc2o1. The summed E-state index contributed by atoms with van der Waals surface area (Å²) in [4.78, 5) is 16.2. The van der Waals surface area contributed by atoms with Gasteiger partial charge in [-0.1, -0.05) is 24.3 Å². The molecule has 0 unspecified atom stereocenters. The summed E-state index contributed by atoms with van der Waals surface area (Å²) in [6.07, 6.45) is 1.64. The fourth-order valence-electron chi connectivity index (χ4n) is 1.88. The number of benzene rings is 1. The van der Waals surface area contributed by atoms with E-state index < -0.39 is 0 Å². The molecule has 0 aliphatic carbocycles. The smallest absolute Gasteiger partial charge is 0.292 e. The number of anilines is 1. The molecule has 2 heterocycles. The number of carbonyl (C=O) groups is 1. The van der Waals surface area contributed by atoms with E-state index in [0.29, 0.717) is 11.4 Å². The highest BCUT2D eigenvalue weighted by Crippen LogP contribution is 2.20. The van der Waals surface area contributed by atoms with Crippen LogP contribution in [0, 0.1) is 6.92 Å². The lowest BCUT2D eigenvalue weighted by molar-refractivity contribution is 0.0998. The van der Waals surface area contributed by atoms with Crippen molar-refractivity contribution in [2.75, 3.05) is 5.32 Å². The van der Waals surface area contributed by atoms with Gasteiger partial charge in [0.05, 0.1) is 0 Å². The number of para-hydroxylation sites is 1. The van der Waals surface area contributed by atoms with E-state index in [4.69, 9.17) is 4.42 Å². The Morgan fingerprint density at radius 1 is 1.21 bits per heavy atom. The number of fused-ring (bicyclic) bond motifs is 1. The Hall–Kier alpha value is -2.62. The predicted molar refractivity (Wildman–Crippen MR) is 73.1 cm³/mol. The summed E-state index contributed by atoms with van der Waals surface area (Å²) in [6, 6.07) is 13.0. The normalized spacial score (nSPS) is 10.6. The molecule has 1 aromatic carbocycles. The number of nitrogens with one attached hydrogen (secondary N) is 1. The monoisotopic (exact) mass is 252 g/mol. The van der Waals surface area contributed by atoms with Crippen LogP contribution in [0.3, 0.4) is 0 Å². The summed E-state index contributed by atoms with van der Waals surface area (Å²) in [5.41, 5.74) is 1.61. The van der Waals surface area contributed by atoms with Gasteiger partial charge in [-0.25, -0.2) is 4.98 Å². The van der Waals surface area contributed by atoms with Crippen molar-refractivity contribution in [3.63, 3.8) is 0 Å². The second-order valence-electron chi connectivity index (χ2n) is 4.27. The number of carbonyl (C=O) groups excluding carboxylic acids is 1. The first-order chi connectivity index (χ1) is 9.24. The van der Waals surface area contributed by atoms with E-state index >= 15 is 0 Å². The zero-order valence-electron chi connectivity index (χ0n) is 10.4. The minimum atomic E-state index is -0.294. The van der Waals surface area contributed by atoms with Gasteiger partial charge in [0.15, 0.2) is 5.76 Å². The summed E-state index contributed by atoms with van der Waals surface area (Å²) in [6.45, 7) is 1.89. The van der Waals surface area contributed by atoms with Gasteiger partial charge in [-0.05, 0) is 30.7 Å². The molecule has 94 valence electrons. The van der Waals surface area contributed by atoms with E-state index in [0.717, 1.165) is 10.9 Å². The van der Waals surface area contributed by atoms with Crippen molar-refractivity contribution < 1.29 is 9.21 Å². The maximum atomic E-state index is 12.1. The number of rotatable bonds is 2. The van der Waals surface area contributed by atoms with Crippen molar-refractivity contribution in [1.82, 2.24) is 4.98 Å². The molecule has 0 atom stereocenters. The van der Waals surface area contributed by atoms with Crippen molar-refractivity contribution in [3.05, 3.63) is 60.0 Å². The fourth-order valence-corrected chi connectivity index (χ4v) is 1.88. The third kappa shape index (κ3) is 2.20. The molecule has 19 heavy (non-hydrogen) atoms. The molecule has 0 aliphatic rings. The van der Waals surface area contributed by atoms with E-state index in [1.165, 1.54) is 0 Å². The molecule has 3 rings (SSSR count). The Balaban J connectivity index is 1.90. The summed E-state index contributed by atoms with van der Waals surface area (Å²) in [5.74, 6) is 0.539. The average Bonchev–Trinajstić information content (AvgIpc) is 2.85. The molecule has 0 fully saturated rings. The summed E-state index contributed by atoms with van der Waals surface area (Å²) < 4.78 is 5.50. The van der Waals surface area contributed by atoms with Crippen LogP contribution in [0.1, 0.15) is 16.1 Å². The van der Waals surface area contributed by atoms with Gasteiger partial charge < -0.3 is 9.73 Å². The van der Waals surface area contributed by atoms with Crippen LogP contribution < -0.4 is 5.32 Å². The van der Waals surface area contributed by atoms with Crippen molar-refractivity contribution >= 4 is 22.7 Å². The maximum absolute atomic E-state index is 12.1. The third-order valence-corrected chi connectivity index (χ3v) is 2.89. The molecule has 1 N–H and O–H groups in total. The molecular weight excluding hydrogens is 240 g/mol. The first-order valence-corrected chi connectivity index (χ1v) is 5.95. The van der Waals surface area contributed by atoms with Crippen LogP contribution in [0.2, 0.25) is 0 Å². The predicted octanol–water partition coefficient (Wildman–Crippen LogP) is 3.39. The largest absolute Gasteiger partial charge is 0.451 e. The van der Waals surface area contributed by atoms with E-state index in [2.05, 4.69) is 10.3 Å². The fraction of sp³-hybridized carbons (Fsp3) is 0.0667. The average molecular weight is 252 g/mol. The molecule has 0 saturated carbocycles. The zero-order chi connectivity index (χ0) is 13.2. The molecule has 0 spiro atoms. The minimum absolute atomic E-state index is 0.284. The van der Waals surface area contributed by atoms with Crippen LogP contribution in [0.15, 0.2) is 53.1 Å². The molecule has 0 saturated heterocycles. The maximum Gasteiger partial charge on any atom is 0.292 e. The number of furan rings is 1. The standard InChI is InChI=1S/C15H12N2O2/c1-10-5-4-8-16-14(10)17-15(18)13-9-11-6-2-3-7-12(11)19-13/h2-9H,1H3,(H,16,17,18). The Morgan fingerprint density at radius 3 is 2.84 bits per heavy atom. The van der Waals surface area contributed by atoms with Gasteiger partial charge in [-0.3, -0.25) is 4.79 Å². The topological polar surface area (TPSA) is 55.1 Å². The van der Waals surface area contributed by atoms with E-state index in [9.17, 15) is 4.79 Å². The number of amides is 1. The summed E-state index contributed by atoms with van der Waals surface area (Å²) in [5, 5.41) is 3.65. The molecule has 0 bridgehead atoms. The van der Waals surface area contributed by atoms with E-state index in [-0.39, 0.29) is 11.7 Å². The first kappa shape index (κ1) is 11.5. The van der Waals surface area contributed by atoms with Crippen molar-refractivity contribution in [2.24, 2.45) is 0 Å². The number of pyridine rings is 1. The molecule has 3 aromatic rings. The highest BCUT2D eigenvalue weighted by atomic mass is 16.3. The lowest BCUT2D eigenvalue weighted by atomic mass is 10.2. The molecule has 1 amide bonds. The molecule has 4 nitrogen and oxygen atoms in total. The molecule has 0 radical (unpaired) electrons. The quantitative estimate of drug-likeness (QED) is 0.760. The molecule has 2 aromatic heterocycles. The number of hydrogen-bond donors (Lipinski definition) is 1. The van der Waals surface area contributed by atoms with Crippen LogP contribution in [0.25, 0.3) is 11.0 Å². The lowest BCUT2D eigenvalue weighted by Crippen LogP contribution is -2.12. The number of hydrogen-bond acceptors (Lipinski definition) is 3. The van der Waals surface area contributed by atoms with E-state index in [1.54, 1.807) is 12.3 Å². The lowest BCUT2D eigenvalue weighted by Gasteiger charge is -2.04. The zero-order valence-corrected chi connectivity index (χ0v) is 10.4. The number of nitrogens with zero attached hydrogens (tertiary/aromatic N) is 1.